The fraction of sp³-hybridized carbons (Fsp3) is 0.679. The van der Waals surface area contributed by atoms with Gasteiger partial charge in [-0.3, -0.25) is 14.4 Å². The van der Waals surface area contributed by atoms with E-state index in [0.717, 1.165) is 25.3 Å². The van der Waals surface area contributed by atoms with Crippen LogP contribution in [-0.4, -0.2) is 48.7 Å². The summed E-state index contributed by atoms with van der Waals surface area (Å²) in [6, 6.07) is 2.21. The molecule has 1 aromatic rings. The van der Waals surface area contributed by atoms with Crippen molar-refractivity contribution in [3.63, 3.8) is 0 Å². The number of nitrogens with one attached hydrogen (secondary N) is 2. The molecule has 4 atom stereocenters. The molecule has 4 unspecified atom stereocenters. The summed E-state index contributed by atoms with van der Waals surface area (Å²) in [6.45, 7) is 6.39. The Hall–Kier alpha value is -2.84. The molecule has 9 heteroatoms. The smallest absolute Gasteiger partial charge is 0.309 e. The Balaban J connectivity index is 1.49. The van der Waals surface area contributed by atoms with Crippen LogP contribution >= 0.6 is 0 Å². The molecule has 0 aliphatic heterocycles. The second-order valence-corrected chi connectivity index (χ2v) is 11.7. The van der Waals surface area contributed by atoms with Crippen LogP contribution in [0.2, 0.25) is 0 Å². The number of hydrogen-bond acceptors (Lipinski definition) is 5. The number of ether oxygens (including phenoxy) is 2. The average molecular weight is 519 g/mol. The molecule has 4 rings (SSSR count). The van der Waals surface area contributed by atoms with Crippen molar-refractivity contribution in [1.82, 2.24) is 10.6 Å². The van der Waals surface area contributed by atoms with Crippen LogP contribution < -0.4 is 20.1 Å². The highest BCUT2D eigenvalue weighted by atomic mass is 19.1. The van der Waals surface area contributed by atoms with Crippen LogP contribution in [0.25, 0.3) is 0 Å². The van der Waals surface area contributed by atoms with E-state index in [9.17, 15) is 23.9 Å². The lowest BCUT2D eigenvalue weighted by Crippen LogP contribution is -2.50. The van der Waals surface area contributed by atoms with Crippen LogP contribution in [0.1, 0.15) is 76.1 Å². The third kappa shape index (κ3) is 5.70. The Morgan fingerprint density at radius 1 is 1.11 bits per heavy atom. The maximum Gasteiger partial charge on any atom is 0.309 e. The van der Waals surface area contributed by atoms with E-state index >= 15 is 0 Å². The normalized spacial score (nSPS) is 30.7. The van der Waals surface area contributed by atoms with Crippen LogP contribution in [0.3, 0.4) is 0 Å². The van der Waals surface area contributed by atoms with E-state index in [2.05, 4.69) is 10.6 Å². The maximum atomic E-state index is 14.9. The van der Waals surface area contributed by atoms with E-state index in [0.29, 0.717) is 38.1 Å². The highest BCUT2D eigenvalue weighted by molar-refractivity contribution is 5.98. The standard InChI is InChI=1S/C28H39FN2O6/c1-15(2)14-30-26(33)23-16-5-6-17(11-16)24(23)31-25(32)19-12-22(20(29)13-21(19)36-4)37-18-7-9-28(3,10-8-18)27(34)35/h12-13,15-18,23-24H,5-11,14H2,1-4H3,(H,30,33)(H,31,32)(H,34,35). The third-order valence-corrected chi connectivity index (χ3v) is 8.55. The molecule has 0 saturated heterocycles. The molecule has 37 heavy (non-hydrogen) atoms. The summed E-state index contributed by atoms with van der Waals surface area (Å²) in [5.41, 5.74) is -0.656. The van der Waals surface area contributed by atoms with Gasteiger partial charge in [0.05, 0.1) is 30.1 Å². The minimum absolute atomic E-state index is 0.0213. The Kier molecular flexibility index (Phi) is 7.99. The quantitative estimate of drug-likeness (QED) is 0.452. The van der Waals surface area contributed by atoms with Crippen molar-refractivity contribution in [2.24, 2.45) is 29.1 Å². The zero-order valence-electron chi connectivity index (χ0n) is 22.1. The average Bonchev–Trinajstić information content (AvgIpc) is 3.46. The maximum absolute atomic E-state index is 14.9. The van der Waals surface area contributed by atoms with Crippen molar-refractivity contribution in [2.75, 3.05) is 13.7 Å². The number of methoxy groups -OCH3 is 1. The minimum Gasteiger partial charge on any atom is -0.496 e. The number of rotatable bonds is 9. The van der Waals surface area contributed by atoms with E-state index in [1.54, 1.807) is 6.92 Å². The molecule has 3 aliphatic carbocycles. The summed E-state index contributed by atoms with van der Waals surface area (Å²) < 4.78 is 26.1. The lowest BCUT2D eigenvalue weighted by atomic mass is 9.75. The summed E-state index contributed by atoms with van der Waals surface area (Å²) in [6.07, 6.45) is 4.35. The predicted molar refractivity (Wildman–Crippen MR) is 135 cm³/mol. The number of benzene rings is 1. The monoisotopic (exact) mass is 518 g/mol. The number of carbonyl (C=O) groups excluding carboxylic acids is 2. The van der Waals surface area contributed by atoms with Gasteiger partial charge >= 0.3 is 5.97 Å². The van der Waals surface area contributed by atoms with Gasteiger partial charge in [0.2, 0.25) is 5.91 Å². The number of carboxylic acid groups (broad SMARTS) is 1. The molecule has 1 aromatic carbocycles. The second-order valence-electron chi connectivity index (χ2n) is 11.7. The summed E-state index contributed by atoms with van der Waals surface area (Å²) in [5.74, 6) is -1.37. The van der Waals surface area contributed by atoms with E-state index in [1.165, 1.54) is 13.2 Å². The minimum atomic E-state index is -0.836. The first-order valence-corrected chi connectivity index (χ1v) is 13.4. The van der Waals surface area contributed by atoms with Gasteiger partial charge < -0.3 is 25.2 Å². The van der Waals surface area contributed by atoms with E-state index in [1.807, 2.05) is 13.8 Å². The molecular weight excluding hydrogens is 479 g/mol. The van der Waals surface area contributed by atoms with E-state index in [-0.39, 0.29) is 52.9 Å². The van der Waals surface area contributed by atoms with Gasteiger partial charge in [0, 0.05) is 18.7 Å². The Morgan fingerprint density at radius 2 is 1.78 bits per heavy atom. The zero-order valence-corrected chi connectivity index (χ0v) is 22.1. The molecule has 204 valence electrons. The number of fused-ring (bicyclic) bond motifs is 2. The Morgan fingerprint density at radius 3 is 2.41 bits per heavy atom. The number of halogens is 1. The number of aliphatic carboxylic acids is 1. The van der Waals surface area contributed by atoms with Crippen LogP contribution in [0.4, 0.5) is 4.39 Å². The van der Waals surface area contributed by atoms with Crippen molar-refractivity contribution in [3.05, 3.63) is 23.5 Å². The largest absolute Gasteiger partial charge is 0.496 e. The summed E-state index contributed by atoms with van der Waals surface area (Å²) >= 11 is 0. The van der Waals surface area contributed by atoms with Gasteiger partial charge in [-0.15, -0.1) is 0 Å². The summed E-state index contributed by atoms with van der Waals surface area (Å²) in [5, 5.41) is 15.6. The molecule has 0 spiro atoms. The number of hydrogen-bond donors (Lipinski definition) is 3. The Labute approximate surface area is 217 Å². The molecule has 3 aliphatic rings. The molecule has 2 amide bonds. The van der Waals surface area contributed by atoms with Crippen LogP contribution in [0.5, 0.6) is 11.5 Å². The van der Waals surface area contributed by atoms with Crippen LogP contribution in [0, 0.1) is 34.9 Å². The molecule has 0 radical (unpaired) electrons. The van der Waals surface area contributed by atoms with Crippen molar-refractivity contribution in [2.45, 2.75) is 77.9 Å². The highest BCUT2D eigenvalue weighted by Gasteiger charge is 2.51. The lowest BCUT2D eigenvalue weighted by Gasteiger charge is -2.34. The molecule has 0 aromatic heterocycles. The molecule has 3 saturated carbocycles. The van der Waals surface area contributed by atoms with Gasteiger partial charge in [-0.2, -0.15) is 0 Å². The number of amides is 2. The van der Waals surface area contributed by atoms with Gasteiger partial charge in [-0.1, -0.05) is 13.8 Å². The molecule has 0 heterocycles. The van der Waals surface area contributed by atoms with Gasteiger partial charge in [0.1, 0.15) is 5.75 Å². The second kappa shape index (κ2) is 10.9. The van der Waals surface area contributed by atoms with Crippen LogP contribution in [0.15, 0.2) is 12.1 Å². The van der Waals surface area contributed by atoms with Crippen molar-refractivity contribution >= 4 is 17.8 Å². The first kappa shape index (κ1) is 27.2. The lowest BCUT2D eigenvalue weighted by molar-refractivity contribution is -0.150. The fourth-order valence-corrected chi connectivity index (χ4v) is 6.24. The van der Waals surface area contributed by atoms with Gasteiger partial charge in [0.25, 0.3) is 5.91 Å². The van der Waals surface area contributed by atoms with Gasteiger partial charge in [-0.25, -0.2) is 4.39 Å². The van der Waals surface area contributed by atoms with Crippen molar-refractivity contribution in [3.8, 4) is 11.5 Å². The predicted octanol–water partition coefficient (Wildman–Crippen LogP) is 4.16. The summed E-state index contributed by atoms with van der Waals surface area (Å²) in [7, 11) is 1.37. The molecule has 2 bridgehead atoms. The molecular formula is C28H39FN2O6. The topological polar surface area (TPSA) is 114 Å². The number of carbonyl (C=O) groups is 3. The van der Waals surface area contributed by atoms with Gasteiger partial charge in [-0.05, 0) is 75.7 Å². The van der Waals surface area contributed by atoms with Crippen LogP contribution in [-0.2, 0) is 9.59 Å². The molecule has 8 nitrogen and oxygen atoms in total. The third-order valence-electron chi connectivity index (χ3n) is 8.55. The van der Waals surface area contributed by atoms with E-state index < -0.39 is 23.1 Å². The van der Waals surface area contributed by atoms with Crippen molar-refractivity contribution < 1.29 is 33.4 Å². The zero-order chi connectivity index (χ0) is 26.9. The molecule has 3 fully saturated rings. The van der Waals surface area contributed by atoms with Gasteiger partial charge in [0.15, 0.2) is 11.6 Å². The van der Waals surface area contributed by atoms with Crippen molar-refractivity contribution in [1.29, 1.82) is 0 Å². The number of carboxylic acids is 1. The SMILES string of the molecule is COc1cc(F)c(OC2CCC(C)(C(=O)O)CC2)cc1C(=O)NC1C2CCC(C2)C1C(=O)NCC(C)C. The first-order chi connectivity index (χ1) is 17.5. The van der Waals surface area contributed by atoms with E-state index in [4.69, 9.17) is 9.47 Å². The fourth-order valence-electron chi connectivity index (χ4n) is 6.24. The Bertz CT molecular complexity index is 1040. The highest BCUT2D eigenvalue weighted by Crippen LogP contribution is 2.49. The summed E-state index contributed by atoms with van der Waals surface area (Å²) in [4.78, 5) is 38.0. The first-order valence-electron chi connectivity index (χ1n) is 13.4. The molecule has 3 N–H and O–H groups in total.